The molecule has 1 saturated carbocycles. The highest BCUT2D eigenvalue weighted by Crippen LogP contribution is 2.41. The maximum atomic E-state index is 12.6. The second-order valence-electron chi connectivity index (χ2n) is 8.56. The average molecular weight is 479 g/mol. The molecule has 1 fully saturated rings. The SMILES string of the molecule is COC(=O)N(CCc1cccc(S(C)(=O)=O)c1)[C@H]1CC[C@](CN)(c2cccc(Cl)c2)CC1. The lowest BCUT2D eigenvalue weighted by atomic mass is 9.68. The Morgan fingerprint density at radius 1 is 1.19 bits per heavy atom. The third kappa shape index (κ3) is 5.63. The topological polar surface area (TPSA) is 89.7 Å². The molecule has 174 valence electrons. The number of hydrogen-bond donors (Lipinski definition) is 1. The molecule has 0 aromatic heterocycles. The molecule has 32 heavy (non-hydrogen) atoms. The van der Waals surface area contributed by atoms with E-state index in [0.29, 0.717) is 24.5 Å². The molecule has 1 aliphatic rings. The van der Waals surface area contributed by atoms with Crippen molar-refractivity contribution >= 4 is 27.5 Å². The molecular formula is C24H31ClN2O4S. The number of carbonyl (C=O) groups excluding carboxylic acids is 1. The minimum atomic E-state index is -3.28. The minimum Gasteiger partial charge on any atom is -0.453 e. The zero-order valence-electron chi connectivity index (χ0n) is 18.6. The largest absolute Gasteiger partial charge is 0.453 e. The van der Waals surface area contributed by atoms with Crippen LogP contribution in [-0.4, -0.2) is 51.9 Å². The zero-order valence-corrected chi connectivity index (χ0v) is 20.2. The summed E-state index contributed by atoms with van der Waals surface area (Å²) in [7, 11) is -1.89. The molecular weight excluding hydrogens is 448 g/mol. The molecule has 2 N–H and O–H groups in total. The summed E-state index contributed by atoms with van der Waals surface area (Å²) >= 11 is 6.21. The van der Waals surface area contributed by atoms with Crippen LogP contribution in [0.3, 0.4) is 0 Å². The van der Waals surface area contributed by atoms with Crippen molar-refractivity contribution in [2.45, 2.75) is 48.5 Å². The second kappa shape index (κ2) is 10.2. The quantitative estimate of drug-likeness (QED) is 0.644. The second-order valence-corrected chi connectivity index (χ2v) is 11.0. The van der Waals surface area contributed by atoms with Crippen LogP contribution in [-0.2, 0) is 26.4 Å². The van der Waals surface area contributed by atoms with Crippen molar-refractivity contribution < 1.29 is 17.9 Å². The zero-order chi connectivity index (χ0) is 23.4. The predicted molar refractivity (Wildman–Crippen MR) is 127 cm³/mol. The Hall–Kier alpha value is -2.09. The van der Waals surface area contributed by atoms with Gasteiger partial charge in [-0.3, -0.25) is 0 Å². The normalized spacial score (nSPS) is 21.2. The number of benzene rings is 2. The van der Waals surface area contributed by atoms with Gasteiger partial charge in [0.05, 0.1) is 12.0 Å². The summed E-state index contributed by atoms with van der Waals surface area (Å²) in [5.41, 5.74) is 8.08. The van der Waals surface area contributed by atoms with Crippen LogP contribution >= 0.6 is 11.6 Å². The van der Waals surface area contributed by atoms with Crippen LogP contribution in [0.4, 0.5) is 4.79 Å². The van der Waals surface area contributed by atoms with E-state index in [2.05, 4.69) is 6.07 Å². The molecule has 0 bridgehead atoms. The van der Waals surface area contributed by atoms with Gasteiger partial charge < -0.3 is 15.4 Å². The standard InChI is InChI=1S/C24H31ClN2O4S/c1-31-23(28)27(14-11-18-5-3-8-22(15-18)32(2,29)30)21-9-12-24(17-26,13-10-21)19-6-4-7-20(25)16-19/h3-8,15-16,21H,9-14,17,26H2,1-2H3/t21-,24-. The highest BCUT2D eigenvalue weighted by Gasteiger charge is 2.38. The molecule has 0 radical (unpaired) electrons. The number of amides is 1. The number of nitrogens with two attached hydrogens (primary N) is 1. The Labute approximate surface area is 195 Å². The van der Waals surface area contributed by atoms with Gasteiger partial charge in [0.15, 0.2) is 9.84 Å². The van der Waals surface area contributed by atoms with Crippen molar-refractivity contribution in [2.24, 2.45) is 5.73 Å². The number of methoxy groups -OCH3 is 1. The maximum Gasteiger partial charge on any atom is 0.409 e. The fourth-order valence-corrected chi connectivity index (χ4v) is 5.50. The first kappa shape index (κ1) is 24.6. The third-order valence-corrected chi connectivity index (χ3v) is 7.90. The van der Waals surface area contributed by atoms with E-state index in [1.807, 2.05) is 24.3 Å². The van der Waals surface area contributed by atoms with E-state index in [-0.39, 0.29) is 22.4 Å². The molecule has 2 aromatic rings. The van der Waals surface area contributed by atoms with Gasteiger partial charge in [0.25, 0.3) is 0 Å². The number of sulfone groups is 1. The van der Waals surface area contributed by atoms with Gasteiger partial charge in [-0.15, -0.1) is 0 Å². The van der Waals surface area contributed by atoms with Gasteiger partial charge in [-0.05, 0) is 67.5 Å². The highest BCUT2D eigenvalue weighted by atomic mass is 35.5. The Morgan fingerprint density at radius 2 is 1.88 bits per heavy atom. The Kier molecular flexibility index (Phi) is 7.85. The first-order valence-electron chi connectivity index (χ1n) is 10.8. The molecule has 0 atom stereocenters. The van der Waals surface area contributed by atoms with E-state index >= 15 is 0 Å². The van der Waals surface area contributed by atoms with Crippen LogP contribution in [0.15, 0.2) is 53.4 Å². The minimum absolute atomic E-state index is 0.0411. The van der Waals surface area contributed by atoms with Crippen molar-refractivity contribution in [3.8, 4) is 0 Å². The molecule has 1 amide bonds. The van der Waals surface area contributed by atoms with Gasteiger partial charge >= 0.3 is 6.09 Å². The Bertz CT molecular complexity index is 1050. The third-order valence-electron chi connectivity index (χ3n) is 6.56. The summed E-state index contributed by atoms with van der Waals surface area (Å²) in [4.78, 5) is 14.6. The number of halogens is 1. The Balaban J connectivity index is 1.72. The molecule has 0 heterocycles. The smallest absolute Gasteiger partial charge is 0.409 e. The summed E-state index contributed by atoms with van der Waals surface area (Å²) in [6.45, 7) is 0.980. The summed E-state index contributed by atoms with van der Waals surface area (Å²) in [5.74, 6) is 0. The average Bonchev–Trinajstić information content (AvgIpc) is 2.79. The van der Waals surface area contributed by atoms with E-state index < -0.39 is 9.84 Å². The van der Waals surface area contributed by atoms with Crippen molar-refractivity contribution in [2.75, 3.05) is 26.5 Å². The molecule has 6 nitrogen and oxygen atoms in total. The predicted octanol–water partition coefficient (Wildman–Crippen LogP) is 4.19. The van der Waals surface area contributed by atoms with E-state index in [9.17, 15) is 13.2 Å². The molecule has 2 aromatic carbocycles. The van der Waals surface area contributed by atoms with E-state index in [4.69, 9.17) is 22.1 Å². The molecule has 8 heteroatoms. The summed E-state index contributed by atoms with van der Waals surface area (Å²) in [6.07, 6.45) is 4.70. The fourth-order valence-electron chi connectivity index (χ4n) is 4.62. The monoisotopic (exact) mass is 478 g/mol. The van der Waals surface area contributed by atoms with Gasteiger partial charge in [0.1, 0.15) is 0 Å². The number of nitrogens with zero attached hydrogens (tertiary/aromatic N) is 1. The lowest BCUT2D eigenvalue weighted by Gasteiger charge is -2.43. The van der Waals surface area contributed by atoms with Crippen LogP contribution in [0.2, 0.25) is 5.02 Å². The first-order valence-corrected chi connectivity index (χ1v) is 13.1. The van der Waals surface area contributed by atoms with Crippen LogP contribution < -0.4 is 5.73 Å². The first-order chi connectivity index (χ1) is 15.2. The molecule has 0 spiro atoms. The van der Waals surface area contributed by atoms with Gasteiger partial charge in [-0.2, -0.15) is 0 Å². The lowest BCUT2D eigenvalue weighted by molar-refractivity contribution is 0.0844. The maximum absolute atomic E-state index is 12.6. The van der Waals surface area contributed by atoms with Crippen LogP contribution in [0.1, 0.15) is 36.8 Å². The molecule has 1 aliphatic carbocycles. The number of hydrogen-bond acceptors (Lipinski definition) is 5. The van der Waals surface area contributed by atoms with Crippen molar-refractivity contribution in [3.63, 3.8) is 0 Å². The van der Waals surface area contributed by atoms with E-state index in [0.717, 1.165) is 36.8 Å². The summed E-state index contributed by atoms with van der Waals surface area (Å²) in [6, 6.07) is 14.8. The van der Waals surface area contributed by atoms with Crippen molar-refractivity contribution in [1.29, 1.82) is 0 Å². The number of ether oxygens (including phenoxy) is 1. The number of rotatable bonds is 7. The van der Waals surface area contributed by atoms with E-state index in [1.165, 1.54) is 13.4 Å². The van der Waals surface area contributed by atoms with Crippen molar-refractivity contribution in [1.82, 2.24) is 4.90 Å². The molecule has 0 unspecified atom stereocenters. The van der Waals surface area contributed by atoms with E-state index in [1.54, 1.807) is 23.1 Å². The van der Waals surface area contributed by atoms with Gasteiger partial charge in [-0.1, -0.05) is 35.9 Å². The summed E-state index contributed by atoms with van der Waals surface area (Å²) in [5, 5.41) is 0.699. The molecule has 0 saturated heterocycles. The van der Waals surface area contributed by atoms with Crippen LogP contribution in [0.5, 0.6) is 0 Å². The summed E-state index contributed by atoms with van der Waals surface area (Å²) < 4.78 is 28.8. The number of carbonyl (C=O) groups is 1. The van der Waals surface area contributed by atoms with Gasteiger partial charge in [-0.25, -0.2) is 13.2 Å². The van der Waals surface area contributed by atoms with Crippen LogP contribution in [0.25, 0.3) is 0 Å². The Morgan fingerprint density at radius 3 is 2.47 bits per heavy atom. The molecule has 3 rings (SSSR count). The van der Waals surface area contributed by atoms with Crippen LogP contribution in [0, 0.1) is 0 Å². The molecule has 0 aliphatic heterocycles. The van der Waals surface area contributed by atoms with Gasteiger partial charge in [0, 0.05) is 35.8 Å². The lowest BCUT2D eigenvalue weighted by Crippen LogP contribution is -2.48. The van der Waals surface area contributed by atoms with Crippen molar-refractivity contribution in [3.05, 3.63) is 64.7 Å². The fraction of sp³-hybridized carbons (Fsp3) is 0.458. The highest BCUT2D eigenvalue weighted by molar-refractivity contribution is 7.90. The van der Waals surface area contributed by atoms with Gasteiger partial charge in [0.2, 0.25) is 0 Å².